The molecule has 0 N–H and O–H groups in total. The third kappa shape index (κ3) is 3.29. The summed E-state index contributed by atoms with van der Waals surface area (Å²) in [4.78, 5) is 23.3. The normalized spacial score (nSPS) is 21.6. The van der Waals surface area contributed by atoms with Gasteiger partial charge in [0, 0.05) is 30.8 Å². The van der Waals surface area contributed by atoms with Crippen molar-refractivity contribution in [2.75, 3.05) is 13.1 Å². The zero-order valence-electron chi connectivity index (χ0n) is 13.2. The maximum Gasteiger partial charge on any atom is 0.273 e. The highest BCUT2D eigenvalue weighted by atomic mass is 32.1. The topological polar surface area (TPSA) is 72.1 Å². The minimum atomic E-state index is 0.0447. The van der Waals surface area contributed by atoms with Crippen LogP contribution in [0.1, 0.15) is 58.8 Å². The minimum absolute atomic E-state index is 0.0447. The Morgan fingerprint density at radius 2 is 2.26 bits per heavy atom. The van der Waals surface area contributed by atoms with E-state index in [1.54, 1.807) is 0 Å². The molecule has 3 heterocycles. The zero-order chi connectivity index (χ0) is 15.8. The van der Waals surface area contributed by atoms with Crippen molar-refractivity contribution in [3.8, 4) is 0 Å². The van der Waals surface area contributed by atoms with Gasteiger partial charge >= 0.3 is 0 Å². The average molecular weight is 332 g/mol. The van der Waals surface area contributed by atoms with Crippen LogP contribution in [0.2, 0.25) is 0 Å². The number of carbonyl (C=O) groups excluding carboxylic acids is 1. The van der Waals surface area contributed by atoms with Crippen molar-refractivity contribution in [1.82, 2.24) is 20.0 Å². The number of thiazole rings is 1. The lowest BCUT2D eigenvalue weighted by Crippen LogP contribution is -2.40. The number of amides is 1. The van der Waals surface area contributed by atoms with E-state index >= 15 is 0 Å². The van der Waals surface area contributed by atoms with Crippen molar-refractivity contribution in [1.29, 1.82) is 0 Å². The number of aryl methyl sites for hydroxylation is 1. The largest absolute Gasteiger partial charge is 0.339 e. The highest BCUT2D eigenvalue weighted by molar-refractivity contribution is 7.09. The van der Waals surface area contributed by atoms with Crippen LogP contribution in [-0.2, 0) is 6.42 Å². The second kappa shape index (κ2) is 6.03. The molecule has 2 aliphatic rings. The molecule has 0 bridgehead atoms. The molecular formula is C16H20N4O2S. The number of nitrogens with zero attached hydrogens (tertiary/aromatic N) is 4. The summed E-state index contributed by atoms with van der Waals surface area (Å²) < 4.78 is 5.38. The van der Waals surface area contributed by atoms with Gasteiger partial charge < -0.3 is 9.42 Å². The van der Waals surface area contributed by atoms with Gasteiger partial charge in [-0.3, -0.25) is 4.79 Å². The fourth-order valence-corrected chi connectivity index (χ4v) is 3.73. The maximum absolute atomic E-state index is 12.5. The van der Waals surface area contributed by atoms with Crippen LogP contribution in [-0.4, -0.2) is 39.0 Å². The molecule has 2 aromatic rings. The molecule has 1 saturated heterocycles. The molecule has 4 rings (SSSR count). The molecule has 23 heavy (non-hydrogen) atoms. The first kappa shape index (κ1) is 14.8. The average Bonchev–Trinajstić information content (AvgIpc) is 3.16. The Morgan fingerprint density at radius 3 is 3.00 bits per heavy atom. The molecule has 0 unspecified atom stereocenters. The maximum atomic E-state index is 12.5. The van der Waals surface area contributed by atoms with Gasteiger partial charge in [-0.1, -0.05) is 5.16 Å². The van der Waals surface area contributed by atoms with Crippen molar-refractivity contribution in [2.45, 2.75) is 44.9 Å². The van der Waals surface area contributed by atoms with E-state index in [4.69, 9.17) is 4.52 Å². The molecule has 0 aromatic carbocycles. The molecule has 2 aromatic heterocycles. The van der Waals surface area contributed by atoms with Gasteiger partial charge in [0.05, 0.1) is 5.01 Å². The van der Waals surface area contributed by atoms with Crippen LogP contribution in [0.3, 0.4) is 0 Å². The van der Waals surface area contributed by atoms with E-state index in [0.29, 0.717) is 17.5 Å². The van der Waals surface area contributed by atoms with Crippen LogP contribution in [0.25, 0.3) is 0 Å². The lowest BCUT2D eigenvalue weighted by Gasteiger charge is -2.31. The summed E-state index contributed by atoms with van der Waals surface area (Å²) in [5.74, 6) is 2.53. The summed E-state index contributed by atoms with van der Waals surface area (Å²) in [6.45, 7) is 3.48. The van der Waals surface area contributed by atoms with Crippen molar-refractivity contribution >= 4 is 17.2 Å². The highest BCUT2D eigenvalue weighted by Crippen LogP contribution is 2.38. The first-order valence-electron chi connectivity index (χ1n) is 8.23. The molecule has 1 aliphatic heterocycles. The predicted molar refractivity (Wildman–Crippen MR) is 85.5 cm³/mol. The van der Waals surface area contributed by atoms with E-state index in [2.05, 4.69) is 15.1 Å². The molecular weight excluding hydrogens is 312 g/mol. The third-order valence-corrected chi connectivity index (χ3v) is 5.31. The van der Waals surface area contributed by atoms with Crippen LogP contribution >= 0.6 is 11.3 Å². The Bertz CT molecular complexity index is 707. The molecule has 1 atom stereocenters. The van der Waals surface area contributed by atoms with E-state index in [-0.39, 0.29) is 5.91 Å². The van der Waals surface area contributed by atoms with Crippen LogP contribution in [0.5, 0.6) is 0 Å². The fraction of sp³-hybridized carbons (Fsp3) is 0.625. The van der Waals surface area contributed by atoms with Gasteiger partial charge in [0.1, 0.15) is 5.69 Å². The van der Waals surface area contributed by atoms with Crippen LogP contribution < -0.4 is 0 Å². The number of carbonyl (C=O) groups is 1. The number of piperidine rings is 1. The summed E-state index contributed by atoms with van der Waals surface area (Å²) >= 11 is 1.52. The van der Waals surface area contributed by atoms with E-state index in [1.165, 1.54) is 24.2 Å². The van der Waals surface area contributed by atoms with Gasteiger partial charge in [0.2, 0.25) is 5.89 Å². The molecule has 122 valence electrons. The van der Waals surface area contributed by atoms with Crippen molar-refractivity contribution < 1.29 is 9.32 Å². The molecule has 1 aliphatic carbocycles. The molecule has 7 heteroatoms. The van der Waals surface area contributed by atoms with Crippen LogP contribution in [0, 0.1) is 12.8 Å². The predicted octanol–water partition coefficient (Wildman–Crippen LogP) is 2.81. The lowest BCUT2D eigenvalue weighted by atomic mass is 9.94. The van der Waals surface area contributed by atoms with Crippen molar-refractivity contribution in [3.63, 3.8) is 0 Å². The molecule has 2 fully saturated rings. The van der Waals surface area contributed by atoms with Gasteiger partial charge in [-0.15, -0.1) is 11.3 Å². The first-order chi connectivity index (χ1) is 11.2. The molecule has 1 saturated carbocycles. The Balaban J connectivity index is 1.39. The van der Waals surface area contributed by atoms with Gasteiger partial charge in [0.15, 0.2) is 5.82 Å². The first-order valence-corrected chi connectivity index (χ1v) is 9.11. The Hall–Kier alpha value is -1.76. The van der Waals surface area contributed by atoms with E-state index in [9.17, 15) is 4.79 Å². The summed E-state index contributed by atoms with van der Waals surface area (Å²) in [5, 5.41) is 6.85. The fourth-order valence-electron chi connectivity index (χ4n) is 3.15. The zero-order valence-corrected chi connectivity index (χ0v) is 14.0. The SMILES string of the molecule is Cc1nc(C(=O)N2CCC[C@@H](Cc3nc(C4CC4)no3)C2)cs1. The summed E-state index contributed by atoms with van der Waals surface area (Å²) in [6, 6.07) is 0. The molecule has 6 nitrogen and oxygen atoms in total. The summed E-state index contributed by atoms with van der Waals surface area (Å²) in [6.07, 6.45) is 5.24. The Morgan fingerprint density at radius 1 is 1.39 bits per heavy atom. The molecule has 0 spiro atoms. The van der Waals surface area contributed by atoms with Gasteiger partial charge in [0.25, 0.3) is 5.91 Å². The van der Waals surface area contributed by atoms with Gasteiger partial charge in [-0.05, 0) is 38.5 Å². The second-order valence-corrected chi connectivity index (χ2v) is 7.60. The smallest absolute Gasteiger partial charge is 0.273 e. The highest BCUT2D eigenvalue weighted by Gasteiger charge is 2.30. The van der Waals surface area contributed by atoms with E-state index in [0.717, 1.165) is 49.1 Å². The van der Waals surface area contributed by atoms with E-state index in [1.807, 2.05) is 17.2 Å². The standard InChI is InChI=1S/C16H20N4O2S/c1-10-17-13(9-23-10)16(21)20-6-2-3-11(8-20)7-14-18-15(19-22-14)12-4-5-12/h9,11-12H,2-8H2,1H3/t11-/m0/s1. The summed E-state index contributed by atoms with van der Waals surface area (Å²) in [5.41, 5.74) is 0.571. The van der Waals surface area contributed by atoms with Gasteiger partial charge in [-0.25, -0.2) is 4.98 Å². The minimum Gasteiger partial charge on any atom is -0.339 e. The number of hydrogen-bond donors (Lipinski definition) is 0. The quantitative estimate of drug-likeness (QED) is 0.861. The lowest BCUT2D eigenvalue weighted by molar-refractivity contribution is 0.0663. The summed E-state index contributed by atoms with van der Waals surface area (Å²) in [7, 11) is 0. The molecule has 1 amide bonds. The van der Waals surface area contributed by atoms with Gasteiger partial charge in [-0.2, -0.15) is 4.98 Å². The number of aromatic nitrogens is 3. The number of likely N-dealkylation sites (tertiary alicyclic amines) is 1. The van der Waals surface area contributed by atoms with Crippen molar-refractivity contribution in [2.24, 2.45) is 5.92 Å². The number of hydrogen-bond acceptors (Lipinski definition) is 6. The second-order valence-electron chi connectivity index (χ2n) is 6.54. The third-order valence-electron chi connectivity index (χ3n) is 4.53. The molecule has 0 radical (unpaired) electrons. The van der Waals surface area contributed by atoms with Crippen LogP contribution in [0.4, 0.5) is 0 Å². The van der Waals surface area contributed by atoms with Crippen molar-refractivity contribution in [3.05, 3.63) is 27.8 Å². The monoisotopic (exact) mass is 332 g/mol. The number of rotatable bonds is 4. The Kier molecular flexibility index (Phi) is 3.88. The Labute approximate surface area is 138 Å². The van der Waals surface area contributed by atoms with E-state index < -0.39 is 0 Å². The van der Waals surface area contributed by atoms with Crippen LogP contribution in [0.15, 0.2) is 9.90 Å².